The number of esters is 1. The van der Waals surface area contributed by atoms with Gasteiger partial charge >= 0.3 is 5.97 Å². The summed E-state index contributed by atoms with van der Waals surface area (Å²) in [6.07, 6.45) is 5.63. The molecule has 4 nitrogen and oxygen atoms in total. The van der Waals surface area contributed by atoms with E-state index in [-0.39, 0.29) is 18.3 Å². The molecule has 16 heavy (non-hydrogen) atoms. The summed E-state index contributed by atoms with van der Waals surface area (Å²) in [5, 5.41) is 0. The molecule has 4 heteroatoms. The molecule has 0 bridgehead atoms. The Morgan fingerprint density at radius 1 is 1.25 bits per heavy atom. The van der Waals surface area contributed by atoms with E-state index in [2.05, 4.69) is 4.90 Å². The first kappa shape index (κ1) is 11.9. The van der Waals surface area contributed by atoms with Gasteiger partial charge in [0.25, 0.3) is 0 Å². The van der Waals surface area contributed by atoms with E-state index in [9.17, 15) is 4.79 Å². The summed E-state index contributed by atoms with van der Waals surface area (Å²) in [5.74, 6) is -0.242. The van der Waals surface area contributed by atoms with Crippen LogP contribution in [0.15, 0.2) is 0 Å². The van der Waals surface area contributed by atoms with Crippen LogP contribution in [-0.2, 0) is 14.3 Å². The van der Waals surface area contributed by atoms with Crippen molar-refractivity contribution in [2.75, 3.05) is 19.7 Å². The Hall–Kier alpha value is -0.610. The molecule has 2 aliphatic rings. The largest absolute Gasteiger partial charge is 0.434 e. The Morgan fingerprint density at radius 2 is 2.00 bits per heavy atom. The predicted molar refractivity (Wildman–Crippen MR) is 60.0 cm³/mol. The highest BCUT2D eigenvalue weighted by molar-refractivity contribution is 5.66. The van der Waals surface area contributed by atoms with Crippen LogP contribution in [0.25, 0.3) is 0 Å². The Labute approximate surface area is 96.9 Å². The van der Waals surface area contributed by atoms with Crippen LogP contribution in [0.3, 0.4) is 0 Å². The van der Waals surface area contributed by atoms with Gasteiger partial charge in [-0.3, -0.25) is 9.69 Å². The fraction of sp³-hybridized carbons (Fsp3) is 0.917. The van der Waals surface area contributed by atoms with Crippen molar-refractivity contribution in [3.05, 3.63) is 0 Å². The molecule has 0 aromatic heterocycles. The molecule has 0 spiro atoms. The monoisotopic (exact) mass is 227 g/mol. The van der Waals surface area contributed by atoms with E-state index in [1.807, 2.05) is 0 Å². The van der Waals surface area contributed by atoms with E-state index >= 15 is 0 Å². The van der Waals surface area contributed by atoms with Gasteiger partial charge in [-0.05, 0) is 38.8 Å². The van der Waals surface area contributed by atoms with Crippen molar-refractivity contribution in [3.8, 4) is 0 Å². The standard InChI is InChI=1S/C12H21NO3/c1-10(14)16-12-11(6-5-9-15-12)13-7-3-2-4-8-13/h11-12H,2-9H2,1H3/t11-,12+/m1/s1. The third kappa shape index (κ3) is 2.95. The maximum Gasteiger partial charge on any atom is 0.304 e. The summed E-state index contributed by atoms with van der Waals surface area (Å²) in [7, 11) is 0. The van der Waals surface area contributed by atoms with Crippen molar-refractivity contribution >= 4 is 5.97 Å². The summed E-state index contributed by atoms with van der Waals surface area (Å²) in [6.45, 7) is 4.39. The Morgan fingerprint density at radius 3 is 2.69 bits per heavy atom. The van der Waals surface area contributed by atoms with Gasteiger partial charge in [-0.1, -0.05) is 6.42 Å². The van der Waals surface area contributed by atoms with Gasteiger partial charge < -0.3 is 9.47 Å². The zero-order chi connectivity index (χ0) is 11.4. The second-order valence-electron chi connectivity index (χ2n) is 4.65. The van der Waals surface area contributed by atoms with Gasteiger partial charge in [-0.15, -0.1) is 0 Å². The third-order valence-electron chi connectivity index (χ3n) is 3.38. The third-order valence-corrected chi connectivity index (χ3v) is 3.38. The van der Waals surface area contributed by atoms with E-state index in [4.69, 9.17) is 9.47 Å². The highest BCUT2D eigenvalue weighted by Gasteiger charge is 2.33. The van der Waals surface area contributed by atoms with Crippen molar-refractivity contribution < 1.29 is 14.3 Å². The number of nitrogens with zero attached hydrogens (tertiary/aromatic N) is 1. The van der Waals surface area contributed by atoms with Crippen LogP contribution in [0.1, 0.15) is 39.0 Å². The van der Waals surface area contributed by atoms with E-state index < -0.39 is 0 Å². The van der Waals surface area contributed by atoms with E-state index in [0.717, 1.165) is 25.9 Å². The summed E-state index contributed by atoms with van der Waals surface area (Å²) < 4.78 is 10.8. The molecule has 2 aliphatic heterocycles. The van der Waals surface area contributed by atoms with Crippen LogP contribution < -0.4 is 0 Å². The number of piperidine rings is 1. The molecule has 92 valence electrons. The predicted octanol–water partition coefficient (Wildman–Crippen LogP) is 1.54. The number of likely N-dealkylation sites (tertiary alicyclic amines) is 1. The lowest BCUT2D eigenvalue weighted by Crippen LogP contribution is -2.50. The lowest BCUT2D eigenvalue weighted by atomic mass is 10.0. The first-order valence-corrected chi connectivity index (χ1v) is 6.30. The normalized spacial score (nSPS) is 32.3. The zero-order valence-electron chi connectivity index (χ0n) is 9.98. The maximum atomic E-state index is 11.0. The molecule has 0 amide bonds. The van der Waals surface area contributed by atoms with Crippen molar-refractivity contribution in [2.45, 2.75) is 51.4 Å². The fourth-order valence-electron chi connectivity index (χ4n) is 2.62. The highest BCUT2D eigenvalue weighted by Crippen LogP contribution is 2.24. The topological polar surface area (TPSA) is 38.8 Å². The first-order chi connectivity index (χ1) is 7.77. The van der Waals surface area contributed by atoms with Crippen LogP contribution >= 0.6 is 0 Å². The molecule has 2 fully saturated rings. The summed E-state index contributed by atoms with van der Waals surface area (Å²) in [5.41, 5.74) is 0. The summed E-state index contributed by atoms with van der Waals surface area (Å²) >= 11 is 0. The first-order valence-electron chi connectivity index (χ1n) is 6.30. The minimum atomic E-state index is -0.343. The molecule has 2 atom stereocenters. The highest BCUT2D eigenvalue weighted by atomic mass is 16.7. The molecule has 0 saturated carbocycles. The molecule has 0 aromatic carbocycles. The number of carbonyl (C=O) groups excluding carboxylic acids is 1. The Kier molecular flexibility index (Phi) is 4.18. The Bertz CT molecular complexity index is 238. The molecular weight excluding hydrogens is 206 g/mol. The maximum absolute atomic E-state index is 11.0. The second-order valence-corrected chi connectivity index (χ2v) is 4.65. The van der Waals surface area contributed by atoms with Gasteiger partial charge in [-0.25, -0.2) is 0 Å². The zero-order valence-corrected chi connectivity index (χ0v) is 9.98. The van der Waals surface area contributed by atoms with E-state index in [1.165, 1.54) is 26.2 Å². The van der Waals surface area contributed by atoms with Crippen LogP contribution in [0.4, 0.5) is 0 Å². The second kappa shape index (κ2) is 5.64. The van der Waals surface area contributed by atoms with E-state index in [1.54, 1.807) is 0 Å². The van der Waals surface area contributed by atoms with Gasteiger partial charge in [0.2, 0.25) is 6.29 Å². The fourth-order valence-corrected chi connectivity index (χ4v) is 2.62. The molecule has 0 N–H and O–H groups in total. The Balaban J connectivity index is 1.94. The molecule has 2 heterocycles. The molecule has 2 rings (SSSR count). The number of hydrogen-bond donors (Lipinski definition) is 0. The van der Waals surface area contributed by atoms with Crippen LogP contribution in [0.5, 0.6) is 0 Å². The number of hydrogen-bond acceptors (Lipinski definition) is 4. The minimum Gasteiger partial charge on any atom is -0.434 e. The summed E-state index contributed by atoms with van der Waals surface area (Å²) in [4.78, 5) is 13.4. The lowest BCUT2D eigenvalue weighted by Gasteiger charge is -2.40. The lowest BCUT2D eigenvalue weighted by molar-refractivity contribution is -0.205. The molecule has 0 aromatic rings. The van der Waals surface area contributed by atoms with Gasteiger partial charge in [-0.2, -0.15) is 0 Å². The van der Waals surface area contributed by atoms with Gasteiger partial charge in [0.05, 0.1) is 12.6 Å². The van der Waals surface area contributed by atoms with Gasteiger partial charge in [0, 0.05) is 6.92 Å². The summed E-state index contributed by atoms with van der Waals surface area (Å²) in [6, 6.07) is 0.276. The number of rotatable bonds is 2. The minimum absolute atomic E-state index is 0.242. The van der Waals surface area contributed by atoms with Crippen LogP contribution in [-0.4, -0.2) is 42.9 Å². The SMILES string of the molecule is CC(=O)O[C@@H]1OCCC[C@H]1N1CCCCC1. The molecular formula is C12H21NO3. The number of ether oxygens (including phenoxy) is 2. The molecule has 2 saturated heterocycles. The average molecular weight is 227 g/mol. The quantitative estimate of drug-likeness (QED) is 0.671. The van der Waals surface area contributed by atoms with Gasteiger partial charge in [0.15, 0.2) is 0 Å². The van der Waals surface area contributed by atoms with E-state index in [0.29, 0.717) is 6.61 Å². The van der Waals surface area contributed by atoms with Crippen molar-refractivity contribution in [3.63, 3.8) is 0 Å². The van der Waals surface area contributed by atoms with Crippen LogP contribution in [0.2, 0.25) is 0 Å². The van der Waals surface area contributed by atoms with Crippen molar-refractivity contribution in [2.24, 2.45) is 0 Å². The molecule has 0 aliphatic carbocycles. The van der Waals surface area contributed by atoms with Crippen molar-refractivity contribution in [1.29, 1.82) is 0 Å². The van der Waals surface area contributed by atoms with Crippen molar-refractivity contribution in [1.82, 2.24) is 4.90 Å². The smallest absolute Gasteiger partial charge is 0.304 e. The van der Waals surface area contributed by atoms with Gasteiger partial charge in [0.1, 0.15) is 0 Å². The average Bonchev–Trinajstić information content (AvgIpc) is 2.30. The number of carbonyl (C=O) groups is 1. The molecule has 0 unspecified atom stereocenters. The van der Waals surface area contributed by atoms with Crippen LogP contribution in [0, 0.1) is 0 Å². The molecule has 0 radical (unpaired) electrons.